The molecular formula is C21H22F3N3O2. The molecule has 2 aromatic carbocycles. The Balaban J connectivity index is 1.92. The standard InChI is InChI=1S/C21H22F3N3O2/c1-25-20(27-14-16-9-10-18(28-2)13-19(16)29-3)26-11-5-7-15-6-4-8-17(12-15)21(22,23)24/h4,6,8-10,12-13H,11,14H2,1-3H3,(H2,25,26,27). The maximum Gasteiger partial charge on any atom is 0.416 e. The lowest BCUT2D eigenvalue weighted by atomic mass is 10.1. The van der Waals surface area contributed by atoms with Gasteiger partial charge in [-0.3, -0.25) is 4.99 Å². The van der Waals surface area contributed by atoms with Gasteiger partial charge in [0.1, 0.15) is 11.5 Å². The molecule has 2 N–H and O–H groups in total. The number of ether oxygens (including phenoxy) is 2. The van der Waals surface area contributed by atoms with Crippen LogP contribution >= 0.6 is 0 Å². The van der Waals surface area contributed by atoms with E-state index < -0.39 is 11.7 Å². The van der Waals surface area contributed by atoms with E-state index in [1.165, 1.54) is 12.1 Å². The van der Waals surface area contributed by atoms with Crippen LogP contribution in [-0.2, 0) is 12.7 Å². The number of halogens is 3. The second kappa shape index (κ2) is 10.3. The van der Waals surface area contributed by atoms with E-state index >= 15 is 0 Å². The van der Waals surface area contributed by atoms with Crippen LogP contribution in [-0.4, -0.2) is 33.8 Å². The van der Waals surface area contributed by atoms with Crippen molar-refractivity contribution in [2.45, 2.75) is 12.7 Å². The number of methoxy groups -OCH3 is 2. The minimum absolute atomic E-state index is 0.218. The molecule has 0 amide bonds. The molecule has 0 unspecified atom stereocenters. The van der Waals surface area contributed by atoms with Crippen molar-refractivity contribution in [1.82, 2.24) is 10.6 Å². The third-order valence-corrected chi connectivity index (χ3v) is 3.93. The number of nitrogens with zero attached hydrogens (tertiary/aromatic N) is 1. The van der Waals surface area contributed by atoms with Crippen molar-refractivity contribution in [2.24, 2.45) is 4.99 Å². The Labute approximate surface area is 167 Å². The van der Waals surface area contributed by atoms with Crippen molar-refractivity contribution >= 4 is 5.96 Å². The van der Waals surface area contributed by atoms with Gasteiger partial charge in [0, 0.05) is 30.8 Å². The molecule has 0 saturated carbocycles. The van der Waals surface area contributed by atoms with Crippen LogP contribution in [0.2, 0.25) is 0 Å². The van der Waals surface area contributed by atoms with Crippen LogP contribution in [0.5, 0.6) is 11.5 Å². The highest BCUT2D eigenvalue weighted by molar-refractivity contribution is 5.80. The summed E-state index contributed by atoms with van der Waals surface area (Å²) in [5.41, 5.74) is 0.488. The quantitative estimate of drug-likeness (QED) is 0.455. The van der Waals surface area contributed by atoms with E-state index in [4.69, 9.17) is 9.47 Å². The highest BCUT2D eigenvalue weighted by atomic mass is 19.4. The monoisotopic (exact) mass is 405 g/mol. The van der Waals surface area contributed by atoms with E-state index in [1.54, 1.807) is 27.3 Å². The first-order chi connectivity index (χ1) is 13.9. The molecule has 29 heavy (non-hydrogen) atoms. The smallest absolute Gasteiger partial charge is 0.416 e. The fraction of sp³-hybridized carbons (Fsp3) is 0.286. The van der Waals surface area contributed by atoms with E-state index in [-0.39, 0.29) is 6.54 Å². The van der Waals surface area contributed by atoms with Gasteiger partial charge in [-0.2, -0.15) is 13.2 Å². The highest BCUT2D eigenvalue weighted by Crippen LogP contribution is 2.29. The molecule has 0 bridgehead atoms. The number of hydrogen-bond acceptors (Lipinski definition) is 3. The lowest BCUT2D eigenvalue weighted by Gasteiger charge is -2.13. The second-order valence-electron chi connectivity index (χ2n) is 5.84. The topological polar surface area (TPSA) is 54.9 Å². The fourth-order valence-corrected chi connectivity index (χ4v) is 2.44. The Morgan fingerprint density at radius 1 is 1.07 bits per heavy atom. The summed E-state index contributed by atoms with van der Waals surface area (Å²) in [6.45, 7) is 0.670. The molecule has 0 atom stereocenters. The number of hydrogen-bond donors (Lipinski definition) is 2. The van der Waals surface area contributed by atoms with Gasteiger partial charge in [0.15, 0.2) is 5.96 Å². The first-order valence-corrected chi connectivity index (χ1v) is 8.69. The molecule has 154 valence electrons. The van der Waals surface area contributed by atoms with Crippen molar-refractivity contribution < 1.29 is 22.6 Å². The van der Waals surface area contributed by atoms with E-state index in [0.717, 1.165) is 17.7 Å². The van der Waals surface area contributed by atoms with Gasteiger partial charge in [-0.1, -0.05) is 17.9 Å². The normalized spacial score (nSPS) is 11.3. The van der Waals surface area contributed by atoms with Crippen molar-refractivity contribution in [2.75, 3.05) is 27.8 Å². The predicted octanol–water partition coefficient (Wildman–Crippen LogP) is 3.44. The van der Waals surface area contributed by atoms with Crippen LogP contribution in [0, 0.1) is 11.8 Å². The van der Waals surface area contributed by atoms with Crippen molar-refractivity contribution in [3.8, 4) is 23.3 Å². The first kappa shape index (κ1) is 22.0. The molecule has 0 aromatic heterocycles. The number of aliphatic imine (C=N–C) groups is 1. The largest absolute Gasteiger partial charge is 0.497 e. The minimum atomic E-state index is -4.38. The Hall–Kier alpha value is -3.34. The third kappa shape index (κ3) is 6.64. The van der Waals surface area contributed by atoms with Crippen LogP contribution in [0.15, 0.2) is 47.5 Å². The molecule has 0 aliphatic carbocycles. The van der Waals surface area contributed by atoms with Gasteiger partial charge in [0.25, 0.3) is 0 Å². The average molecular weight is 405 g/mol. The molecule has 0 aliphatic heterocycles. The summed E-state index contributed by atoms with van der Waals surface area (Å²) in [6.07, 6.45) is -4.38. The molecule has 0 saturated heterocycles. The number of rotatable bonds is 5. The molecule has 2 aromatic rings. The molecule has 5 nitrogen and oxygen atoms in total. The third-order valence-electron chi connectivity index (χ3n) is 3.93. The summed E-state index contributed by atoms with van der Waals surface area (Å²) in [5, 5.41) is 6.12. The van der Waals surface area contributed by atoms with Crippen molar-refractivity contribution in [3.63, 3.8) is 0 Å². The zero-order chi connectivity index (χ0) is 21.3. The van der Waals surface area contributed by atoms with Crippen molar-refractivity contribution in [3.05, 3.63) is 59.2 Å². The molecule has 8 heteroatoms. The SMILES string of the molecule is CN=C(NCC#Cc1cccc(C(F)(F)F)c1)NCc1ccc(OC)cc1OC. The Morgan fingerprint density at radius 3 is 2.52 bits per heavy atom. The zero-order valence-corrected chi connectivity index (χ0v) is 16.4. The fourth-order valence-electron chi connectivity index (χ4n) is 2.44. The van der Waals surface area contributed by atoms with Gasteiger partial charge in [-0.05, 0) is 30.3 Å². The predicted molar refractivity (Wildman–Crippen MR) is 106 cm³/mol. The van der Waals surface area contributed by atoms with E-state index in [2.05, 4.69) is 27.5 Å². The van der Waals surface area contributed by atoms with E-state index in [0.29, 0.717) is 29.6 Å². The summed E-state index contributed by atoms with van der Waals surface area (Å²) in [5.74, 6) is 7.37. The van der Waals surface area contributed by atoms with Gasteiger partial charge in [-0.15, -0.1) is 0 Å². The lowest BCUT2D eigenvalue weighted by molar-refractivity contribution is -0.137. The molecule has 0 radical (unpaired) electrons. The molecule has 0 heterocycles. The summed E-state index contributed by atoms with van der Waals surface area (Å²) in [4.78, 5) is 4.10. The average Bonchev–Trinajstić information content (AvgIpc) is 2.72. The van der Waals surface area contributed by atoms with Crippen LogP contribution < -0.4 is 20.1 Å². The van der Waals surface area contributed by atoms with Gasteiger partial charge in [0.2, 0.25) is 0 Å². The summed E-state index contributed by atoms with van der Waals surface area (Å²) in [6, 6.07) is 10.4. The molecule has 0 spiro atoms. The lowest BCUT2D eigenvalue weighted by Crippen LogP contribution is -2.37. The molecular weight excluding hydrogens is 383 g/mol. The van der Waals surface area contributed by atoms with Gasteiger partial charge in [0.05, 0.1) is 26.3 Å². The summed E-state index contributed by atoms with van der Waals surface area (Å²) in [7, 11) is 4.77. The number of alkyl halides is 3. The van der Waals surface area contributed by atoms with Gasteiger partial charge >= 0.3 is 6.18 Å². The number of benzene rings is 2. The van der Waals surface area contributed by atoms with Gasteiger partial charge in [-0.25, -0.2) is 0 Å². The first-order valence-electron chi connectivity index (χ1n) is 8.69. The molecule has 0 fully saturated rings. The molecule has 2 rings (SSSR count). The molecule has 0 aliphatic rings. The van der Waals surface area contributed by atoms with Crippen molar-refractivity contribution in [1.29, 1.82) is 0 Å². The maximum absolute atomic E-state index is 12.7. The van der Waals surface area contributed by atoms with Gasteiger partial charge < -0.3 is 20.1 Å². The van der Waals surface area contributed by atoms with E-state index in [1.807, 2.05) is 12.1 Å². The Kier molecular flexibility index (Phi) is 7.78. The van der Waals surface area contributed by atoms with Crippen LogP contribution in [0.25, 0.3) is 0 Å². The van der Waals surface area contributed by atoms with E-state index in [9.17, 15) is 13.2 Å². The summed E-state index contributed by atoms with van der Waals surface area (Å²) < 4.78 is 48.7. The van der Waals surface area contributed by atoms with Crippen LogP contribution in [0.1, 0.15) is 16.7 Å². The Bertz CT molecular complexity index is 915. The van der Waals surface area contributed by atoms with Crippen LogP contribution in [0.4, 0.5) is 13.2 Å². The second-order valence-corrected chi connectivity index (χ2v) is 5.84. The summed E-state index contributed by atoms with van der Waals surface area (Å²) >= 11 is 0. The Morgan fingerprint density at radius 2 is 1.86 bits per heavy atom. The maximum atomic E-state index is 12.7. The number of guanidine groups is 1. The van der Waals surface area contributed by atoms with Crippen LogP contribution in [0.3, 0.4) is 0 Å². The zero-order valence-electron chi connectivity index (χ0n) is 16.4. The minimum Gasteiger partial charge on any atom is -0.497 e. The highest BCUT2D eigenvalue weighted by Gasteiger charge is 2.30. The number of nitrogens with one attached hydrogen (secondary N) is 2.